The third-order valence-corrected chi connectivity index (χ3v) is 2.38. The third kappa shape index (κ3) is 4.48. The molecule has 2 N–H and O–H groups in total. The van der Waals surface area contributed by atoms with Crippen molar-refractivity contribution < 1.29 is 22.4 Å². The number of hydrogen-bond acceptors (Lipinski definition) is 2. The predicted molar refractivity (Wildman–Crippen MR) is 67.3 cm³/mol. The van der Waals surface area contributed by atoms with E-state index in [4.69, 9.17) is 0 Å². The quantitative estimate of drug-likeness (QED) is 0.661. The summed E-state index contributed by atoms with van der Waals surface area (Å²) in [4.78, 5) is 11.5. The number of carbonyl (C=O) groups excluding carboxylic acids is 1. The van der Waals surface area contributed by atoms with Crippen molar-refractivity contribution in [3.8, 4) is 0 Å². The van der Waals surface area contributed by atoms with Crippen molar-refractivity contribution in [2.75, 3.05) is 11.9 Å². The molecule has 1 rings (SSSR count). The topological polar surface area (TPSA) is 41.1 Å². The van der Waals surface area contributed by atoms with Gasteiger partial charge >= 0.3 is 0 Å². The van der Waals surface area contributed by atoms with Crippen LogP contribution in [0.2, 0.25) is 0 Å². The Labute approximate surface area is 114 Å². The van der Waals surface area contributed by atoms with Crippen LogP contribution in [0.25, 0.3) is 0 Å². The van der Waals surface area contributed by atoms with Crippen LogP contribution in [0.5, 0.6) is 0 Å². The van der Waals surface area contributed by atoms with Crippen molar-refractivity contribution >= 4 is 11.6 Å². The van der Waals surface area contributed by atoms with E-state index in [0.29, 0.717) is 0 Å². The maximum absolute atomic E-state index is 13.3. The molecule has 1 amide bonds. The number of anilines is 1. The molecule has 0 aromatic heterocycles. The van der Waals surface area contributed by atoms with E-state index in [1.807, 2.05) is 26.1 Å². The molecule has 0 bridgehead atoms. The van der Waals surface area contributed by atoms with Crippen LogP contribution in [0, 0.1) is 23.3 Å². The van der Waals surface area contributed by atoms with Gasteiger partial charge in [0.15, 0.2) is 23.3 Å². The van der Waals surface area contributed by atoms with Crippen LogP contribution >= 0.6 is 0 Å². The fraction of sp³-hybridized carbons (Fsp3) is 0.462. The summed E-state index contributed by atoms with van der Waals surface area (Å²) in [5.41, 5.74) is -1.33. The highest BCUT2D eigenvalue weighted by molar-refractivity contribution is 5.91. The second kappa shape index (κ2) is 6.21. The average molecular weight is 292 g/mol. The Bertz CT molecular complexity index is 486. The van der Waals surface area contributed by atoms with Crippen LogP contribution in [0.1, 0.15) is 27.2 Å². The van der Waals surface area contributed by atoms with Crippen molar-refractivity contribution in [3.05, 3.63) is 29.3 Å². The molecule has 0 heterocycles. The summed E-state index contributed by atoms with van der Waals surface area (Å²) in [5, 5.41) is 4.83. The van der Waals surface area contributed by atoms with E-state index in [9.17, 15) is 22.4 Å². The van der Waals surface area contributed by atoms with E-state index in [-0.39, 0.29) is 24.6 Å². The van der Waals surface area contributed by atoms with Gasteiger partial charge in [-0.1, -0.05) is 0 Å². The van der Waals surface area contributed by atoms with Crippen LogP contribution in [-0.4, -0.2) is 18.0 Å². The van der Waals surface area contributed by atoms with Gasteiger partial charge in [0, 0.05) is 24.6 Å². The minimum absolute atomic E-state index is 0.0848. The Kier molecular flexibility index (Phi) is 5.10. The molecule has 0 saturated heterocycles. The van der Waals surface area contributed by atoms with Gasteiger partial charge in [-0.05, 0) is 20.8 Å². The highest BCUT2D eigenvalue weighted by atomic mass is 19.2. The van der Waals surface area contributed by atoms with E-state index < -0.39 is 34.9 Å². The third-order valence-electron chi connectivity index (χ3n) is 2.38. The normalized spacial score (nSPS) is 11.6. The molecule has 112 valence electrons. The lowest BCUT2D eigenvalue weighted by molar-refractivity contribution is -0.116. The van der Waals surface area contributed by atoms with Gasteiger partial charge < -0.3 is 10.6 Å². The van der Waals surface area contributed by atoms with Gasteiger partial charge in [0.1, 0.15) is 5.69 Å². The molecule has 0 unspecified atom stereocenters. The van der Waals surface area contributed by atoms with Crippen molar-refractivity contribution in [1.29, 1.82) is 0 Å². The molecule has 3 nitrogen and oxygen atoms in total. The summed E-state index contributed by atoms with van der Waals surface area (Å²) >= 11 is 0. The van der Waals surface area contributed by atoms with E-state index in [0.717, 1.165) is 0 Å². The molecule has 0 saturated carbocycles. The van der Waals surface area contributed by atoms with Crippen molar-refractivity contribution in [2.24, 2.45) is 0 Å². The van der Waals surface area contributed by atoms with Gasteiger partial charge in [-0.3, -0.25) is 4.79 Å². The molecule has 1 aromatic rings. The maximum Gasteiger partial charge on any atom is 0.225 e. The summed E-state index contributed by atoms with van der Waals surface area (Å²) in [6.07, 6.45) is -0.0890. The largest absolute Gasteiger partial charge is 0.321 e. The highest BCUT2D eigenvalue weighted by Crippen LogP contribution is 2.24. The second-order valence-electron chi connectivity index (χ2n) is 5.32. The molecule has 1 aromatic carbocycles. The second-order valence-corrected chi connectivity index (χ2v) is 5.32. The highest BCUT2D eigenvalue weighted by Gasteiger charge is 2.20. The number of hydrogen-bond donors (Lipinski definition) is 2. The Hall–Kier alpha value is -1.63. The van der Waals surface area contributed by atoms with Gasteiger partial charge in [0.05, 0.1) is 0 Å². The molecular weight excluding hydrogens is 276 g/mol. The number of amides is 1. The molecular formula is C13H16F4N2O. The minimum Gasteiger partial charge on any atom is -0.321 e. The maximum atomic E-state index is 13.3. The Morgan fingerprint density at radius 1 is 1.10 bits per heavy atom. The fourth-order valence-corrected chi connectivity index (χ4v) is 1.44. The smallest absolute Gasteiger partial charge is 0.225 e. The predicted octanol–water partition coefficient (Wildman–Crippen LogP) is 2.96. The van der Waals surface area contributed by atoms with E-state index in [1.165, 1.54) is 0 Å². The summed E-state index contributed by atoms with van der Waals surface area (Å²) in [7, 11) is 0. The summed E-state index contributed by atoms with van der Waals surface area (Å²) < 4.78 is 52.5. The minimum atomic E-state index is -1.62. The summed E-state index contributed by atoms with van der Waals surface area (Å²) in [5.74, 6) is -7.12. The molecule has 0 aliphatic carbocycles. The summed E-state index contributed by atoms with van der Waals surface area (Å²) in [6, 6.07) is 0.0848. The first-order valence-corrected chi connectivity index (χ1v) is 5.99. The number of halogens is 4. The van der Waals surface area contributed by atoms with Crippen LogP contribution in [0.4, 0.5) is 23.2 Å². The van der Waals surface area contributed by atoms with Gasteiger partial charge in [0.25, 0.3) is 0 Å². The molecule has 0 fully saturated rings. The van der Waals surface area contributed by atoms with Gasteiger partial charge in [-0.15, -0.1) is 0 Å². The molecule has 0 aliphatic rings. The first-order chi connectivity index (χ1) is 9.11. The SMILES string of the molecule is CC(C)(C)NCCC(=O)Nc1c(F)c(F)cc(F)c1F. The van der Waals surface area contributed by atoms with E-state index in [1.54, 1.807) is 0 Å². The molecule has 0 spiro atoms. The van der Waals surface area contributed by atoms with Gasteiger partial charge in [-0.2, -0.15) is 0 Å². The Morgan fingerprint density at radius 2 is 1.60 bits per heavy atom. The zero-order chi connectivity index (χ0) is 15.5. The molecule has 0 aliphatic heterocycles. The number of benzene rings is 1. The lowest BCUT2D eigenvalue weighted by Crippen LogP contribution is -2.37. The van der Waals surface area contributed by atoms with E-state index in [2.05, 4.69) is 5.32 Å². The molecule has 0 atom stereocenters. The first-order valence-electron chi connectivity index (χ1n) is 5.99. The fourth-order valence-electron chi connectivity index (χ4n) is 1.44. The molecule has 0 radical (unpaired) electrons. The van der Waals surface area contributed by atoms with Gasteiger partial charge in [0.2, 0.25) is 5.91 Å². The zero-order valence-corrected chi connectivity index (χ0v) is 11.4. The monoisotopic (exact) mass is 292 g/mol. The van der Waals surface area contributed by atoms with Gasteiger partial charge in [-0.25, -0.2) is 17.6 Å². The number of rotatable bonds is 4. The van der Waals surface area contributed by atoms with E-state index >= 15 is 0 Å². The number of carbonyl (C=O) groups is 1. The number of nitrogens with one attached hydrogen (secondary N) is 2. The van der Waals surface area contributed by atoms with Crippen molar-refractivity contribution in [1.82, 2.24) is 5.32 Å². The Balaban J connectivity index is 2.72. The lowest BCUT2D eigenvalue weighted by atomic mass is 10.1. The van der Waals surface area contributed by atoms with Crippen LogP contribution in [0.15, 0.2) is 6.07 Å². The Morgan fingerprint density at radius 3 is 2.05 bits per heavy atom. The standard InChI is InChI=1S/C13H16F4N2O/c1-13(2,3)18-5-4-9(20)19-12-10(16)7(14)6-8(15)11(12)17/h6,18H,4-5H2,1-3H3,(H,19,20). The van der Waals surface area contributed by atoms with Crippen LogP contribution in [-0.2, 0) is 4.79 Å². The average Bonchev–Trinajstić information content (AvgIpc) is 2.30. The molecule has 20 heavy (non-hydrogen) atoms. The van der Waals surface area contributed by atoms with Crippen LogP contribution < -0.4 is 10.6 Å². The molecule has 7 heteroatoms. The summed E-state index contributed by atoms with van der Waals surface area (Å²) in [6.45, 7) is 5.90. The first kappa shape index (κ1) is 16.4. The van der Waals surface area contributed by atoms with Crippen molar-refractivity contribution in [2.45, 2.75) is 32.7 Å². The van der Waals surface area contributed by atoms with Crippen molar-refractivity contribution in [3.63, 3.8) is 0 Å². The lowest BCUT2D eigenvalue weighted by Gasteiger charge is -2.20. The zero-order valence-electron chi connectivity index (χ0n) is 11.4. The van der Waals surface area contributed by atoms with Crippen LogP contribution in [0.3, 0.4) is 0 Å².